The van der Waals surface area contributed by atoms with Crippen molar-refractivity contribution in [2.24, 2.45) is 0 Å². The first-order chi connectivity index (χ1) is 7.68. The fourth-order valence-electron chi connectivity index (χ4n) is 1.40. The average molecular weight is 242 g/mol. The largest absolute Gasteiger partial charge is 0.379 e. The van der Waals surface area contributed by atoms with Crippen LogP contribution in [0.3, 0.4) is 0 Å². The maximum atomic E-state index is 5.89. The Kier molecular flexibility index (Phi) is 6.46. The SMILES string of the molecule is CC(C)OCCCNCc1cccc(Cl)c1. The molecule has 0 fully saturated rings. The fourth-order valence-corrected chi connectivity index (χ4v) is 1.61. The van der Waals surface area contributed by atoms with E-state index in [2.05, 4.69) is 25.2 Å². The van der Waals surface area contributed by atoms with Crippen molar-refractivity contribution in [1.82, 2.24) is 5.32 Å². The van der Waals surface area contributed by atoms with E-state index in [1.54, 1.807) is 0 Å². The van der Waals surface area contributed by atoms with Gasteiger partial charge in [0.15, 0.2) is 0 Å². The van der Waals surface area contributed by atoms with Crippen LogP contribution >= 0.6 is 11.6 Å². The van der Waals surface area contributed by atoms with Gasteiger partial charge >= 0.3 is 0 Å². The molecule has 0 atom stereocenters. The van der Waals surface area contributed by atoms with Crippen molar-refractivity contribution in [3.63, 3.8) is 0 Å². The van der Waals surface area contributed by atoms with Crippen molar-refractivity contribution in [3.8, 4) is 0 Å². The van der Waals surface area contributed by atoms with Crippen LogP contribution in [-0.2, 0) is 11.3 Å². The second-order valence-electron chi connectivity index (χ2n) is 4.08. The van der Waals surface area contributed by atoms with Gasteiger partial charge in [0.1, 0.15) is 0 Å². The summed E-state index contributed by atoms with van der Waals surface area (Å²) >= 11 is 5.89. The highest BCUT2D eigenvalue weighted by atomic mass is 35.5. The zero-order valence-corrected chi connectivity index (χ0v) is 10.8. The van der Waals surface area contributed by atoms with Crippen LogP contribution in [0.4, 0.5) is 0 Å². The molecule has 0 aromatic heterocycles. The molecule has 0 amide bonds. The molecule has 1 aromatic rings. The Bertz CT molecular complexity index is 302. The van der Waals surface area contributed by atoms with E-state index in [0.29, 0.717) is 6.10 Å². The van der Waals surface area contributed by atoms with Crippen molar-refractivity contribution in [1.29, 1.82) is 0 Å². The van der Waals surface area contributed by atoms with Gasteiger partial charge in [-0.3, -0.25) is 0 Å². The molecular formula is C13H20ClNO. The Morgan fingerprint density at radius 3 is 2.88 bits per heavy atom. The number of hydrogen-bond acceptors (Lipinski definition) is 2. The van der Waals surface area contributed by atoms with Crippen LogP contribution in [-0.4, -0.2) is 19.3 Å². The number of benzene rings is 1. The summed E-state index contributed by atoms with van der Waals surface area (Å²) in [5.41, 5.74) is 1.22. The number of nitrogens with one attached hydrogen (secondary N) is 1. The minimum absolute atomic E-state index is 0.327. The lowest BCUT2D eigenvalue weighted by molar-refractivity contribution is 0.0770. The number of rotatable bonds is 7. The quantitative estimate of drug-likeness (QED) is 0.740. The molecule has 3 heteroatoms. The molecule has 0 saturated heterocycles. The van der Waals surface area contributed by atoms with Gasteiger partial charge in [0.25, 0.3) is 0 Å². The molecule has 2 nitrogen and oxygen atoms in total. The molecule has 0 heterocycles. The fraction of sp³-hybridized carbons (Fsp3) is 0.538. The Balaban J connectivity index is 2.07. The van der Waals surface area contributed by atoms with Crippen LogP contribution in [0.25, 0.3) is 0 Å². The summed E-state index contributed by atoms with van der Waals surface area (Å²) in [5.74, 6) is 0. The van der Waals surface area contributed by atoms with Gasteiger partial charge in [-0.1, -0.05) is 23.7 Å². The number of hydrogen-bond donors (Lipinski definition) is 1. The van der Waals surface area contributed by atoms with Crippen LogP contribution in [0.2, 0.25) is 5.02 Å². The van der Waals surface area contributed by atoms with Crippen molar-refractivity contribution < 1.29 is 4.74 Å². The second-order valence-corrected chi connectivity index (χ2v) is 4.52. The van der Waals surface area contributed by atoms with Gasteiger partial charge in [-0.05, 0) is 44.5 Å². The van der Waals surface area contributed by atoms with Gasteiger partial charge in [-0.15, -0.1) is 0 Å². The first-order valence-corrected chi connectivity index (χ1v) is 6.13. The van der Waals surface area contributed by atoms with Crippen LogP contribution in [0, 0.1) is 0 Å². The highest BCUT2D eigenvalue weighted by molar-refractivity contribution is 6.30. The van der Waals surface area contributed by atoms with Crippen molar-refractivity contribution in [2.45, 2.75) is 32.9 Å². The highest BCUT2D eigenvalue weighted by Gasteiger charge is 1.95. The molecule has 90 valence electrons. The van der Waals surface area contributed by atoms with Gasteiger partial charge < -0.3 is 10.1 Å². The molecule has 0 spiro atoms. The first kappa shape index (κ1) is 13.5. The van der Waals surface area contributed by atoms with E-state index in [1.165, 1.54) is 5.56 Å². The van der Waals surface area contributed by atoms with E-state index in [1.807, 2.05) is 18.2 Å². The topological polar surface area (TPSA) is 21.3 Å². The summed E-state index contributed by atoms with van der Waals surface area (Å²) in [4.78, 5) is 0. The maximum Gasteiger partial charge on any atom is 0.0518 e. The smallest absolute Gasteiger partial charge is 0.0518 e. The summed E-state index contributed by atoms with van der Waals surface area (Å²) < 4.78 is 5.45. The predicted octanol–water partition coefficient (Wildman–Crippen LogP) is 3.24. The molecular weight excluding hydrogens is 222 g/mol. The molecule has 0 bridgehead atoms. The van der Waals surface area contributed by atoms with Crippen molar-refractivity contribution in [3.05, 3.63) is 34.9 Å². The standard InChI is InChI=1S/C13H20ClNO/c1-11(2)16-8-4-7-15-10-12-5-3-6-13(14)9-12/h3,5-6,9,11,15H,4,7-8,10H2,1-2H3. The van der Waals surface area contributed by atoms with Crippen LogP contribution < -0.4 is 5.32 Å². The molecule has 1 N–H and O–H groups in total. The molecule has 1 aromatic carbocycles. The van der Waals surface area contributed by atoms with E-state index >= 15 is 0 Å². The van der Waals surface area contributed by atoms with Crippen LogP contribution in [0.15, 0.2) is 24.3 Å². The summed E-state index contributed by atoms with van der Waals surface area (Å²) in [5, 5.41) is 4.16. The van der Waals surface area contributed by atoms with E-state index in [9.17, 15) is 0 Å². The summed E-state index contributed by atoms with van der Waals surface area (Å²) in [6, 6.07) is 7.92. The maximum absolute atomic E-state index is 5.89. The lowest BCUT2D eigenvalue weighted by Gasteiger charge is -2.08. The van der Waals surface area contributed by atoms with E-state index < -0.39 is 0 Å². The van der Waals surface area contributed by atoms with E-state index in [0.717, 1.165) is 31.1 Å². The van der Waals surface area contributed by atoms with Crippen LogP contribution in [0.1, 0.15) is 25.8 Å². The summed E-state index contributed by atoms with van der Waals surface area (Å²) in [6.07, 6.45) is 1.37. The monoisotopic (exact) mass is 241 g/mol. The number of halogens is 1. The number of ether oxygens (including phenoxy) is 1. The minimum atomic E-state index is 0.327. The van der Waals surface area contributed by atoms with Gasteiger partial charge in [-0.2, -0.15) is 0 Å². The summed E-state index contributed by atoms with van der Waals surface area (Å²) in [6.45, 7) is 6.76. The zero-order valence-electron chi connectivity index (χ0n) is 10.0. The van der Waals surface area contributed by atoms with E-state index in [-0.39, 0.29) is 0 Å². The van der Waals surface area contributed by atoms with Gasteiger partial charge in [0.2, 0.25) is 0 Å². The van der Waals surface area contributed by atoms with Gasteiger partial charge in [0, 0.05) is 18.2 Å². The highest BCUT2D eigenvalue weighted by Crippen LogP contribution is 2.10. The Morgan fingerprint density at radius 2 is 2.19 bits per heavy atom. The van der Waals surface area contributed by atoms with Crippen molar-refractivity contribution in [2.75, 3.05) is 13.2 Å². The first-order valence-electron chi connectivity index (χ1n) is 5.75. The third kappa shape index (κ3) is 6.11. The molecule has 0 aliphatic rings. The third-order valence-electron chi connectivity index (χ3n) is 2.17. The lowest BCUT2D eigenvalue weighted by Crippen LogP contribution is -2.17. The van der Waals surface area contributed by atoms with Gasteiger partial charge in [0.05, 0.1) is 6.10 Å². The molecule has 0 radical (unpaired) electrons. The third-order valence-corrected chi connectivity index (χ3v) is 2.40. The Labute approximate surface area is 103 Å². The molecule has 0 saturated carbocycles. The minimum Gasteiger partial charge on any atom is -0.379 e. The van der Waals surface area contributed by atoms with Crippen LogP contribution in [0.5, 0.6) is 0 Å². The normalized spacial score (nSPS) is 11.0. The zero-order chi connectivity index (χ0) is 11.8. The van der Waals surface area contributed by atoms with E-state index in [4.69, 9.17) is 16.3 Å². The molecule has 0 unspecified atom stereocenters. The van der Waals surface area contributed by atoms with Gasteiger partial charge in [-0.25, -0.2) is 0 Å². The Hall–Kier alpha value is -0.570. The summed E-state index contributed by atoms with van der Waals surface area (Å²) in [7, 11) is 0. The second kappa shape index (κ2) is 7.66. The Morgan fingerprint density at radius 1 is 1.38 bits per heavy atom. The lowest BCUT2D eigenvalue weighted by atomic mass is 10.2. The average Bonchev–Trinajstić information content (AvgIpc) is 2.23. The molecule has 0 aliphatic carbocycles. The molecule has 0 aliphatic heterocycles. The molecule has 1 rings (SSSR count). The van der Waals surface area contributed by atoms with Crippen molar-refractivity contribution >= 4 is 11.6 Å². The molecule has 16 heavy (non-hydrogen) atoms. The predicted molar refractivity (Wildman–Crippen MR) is 68.9 cm³/mol.